The van der Waals surface area contributed by atoms with E-state index >= 15 is 0 Å². The lowest BCUT2D eigenvalue weighted by atomic mass is 10.3. The highest BCUT2D eigenvalue weighted by molar-refractivity contribution is 7.98. The van der Waals surface area contributed by atoms with Gasteiger partial charge in [-0.25, -0.2) is 0 Å². The largest absolute Gasteiger partial charge is 0.311 e. The van der Waals surface area contributed by atoms with Crippen LogP contribution in [0, 0.1) is 10.1 Å². The van der Waals surface area contributed by atoms with Crippen molar-refractivity contribution < 1.29 is 4.92 Å². The summed E-state index contributed by atoms with van der Waals surface area (Å²) in [6.07, 6.45) is 6.39. The van der Waals surface area contributed by atoms with E-state index in [1.165, 1.54) is 24.5 Å². The van der Waals surface area contributed by atoms with E-state index in [0.29, 0.717) is 5.69 Å². The molecule has 1 aromatic rings. The second-order valence-electron chi connectivity index (χ2n) is 2.87. The molecule has 0 atom stereocenters. The first-order chi connectivity index (χ1) is 7.18. The SMILES string of the molecule is CN1C=CN(c2ccncc2[N+](=O)[O-])S1. The lowest BCUT2D eigenvalue weighted by Crippen LogP contribution is -2.07. The maximum absolute atomic E-state index is 10.8. The molecule has 1 aromatic heterocycles. The highest BCUT2D eigenvalue weighted by Crippen LogP contribution is 2.35. The van der Waals surface area contributed by atoms with Crippen LogP contribution in [0.15, 0.2) is 30.9 Å². The van der Waals surface area contributed by atoms with Gasteiger partial charge in [-0.15, -0.1) is 0 Å². The third-order valence-electron chi connectivity index (χ3n) is 1.84. The molecule has 1 aliphatic heterocycles. The van der Waals surface area contributed by atoms with Crippen LogP contribution in [-0.4, -0.2) is 21.3 Å². The monoisotopic (exact) mass is 224 g/mol. The van der Waals surface area contributed by atoms with Crippen molar-refractivity contribution in [3.63, 3.8) is 0 Å². The van der Waals surface area contributed by atoms with Crippen LogP contribution in [0.3, 0.4) is 0 Å². The summed E-state index contributed by atoms with van der Waals surface area (Å²) < 4.78 is 3.57. The Balaban J connectivity index is 2.36. The molecule has 1 aliphatic rings. The van der Waals surface area contributed by atoms with Gasteiger partial charge < -0.3 is 4.31 Å². The second-order valence-corrected chi connectivity index (χ2v) is 4.01. The van der Waals surface area contributed by atoms with Crippen LogP contribution in [0.1, 0.15) is 0 Å². The Morgan fingerprint density at radius 1 is 1.53 bits per heavy atom. The van der Waals surface area contributed by atoms with Gasteiger partial charge in [-0.05, 0) is 6.07 Å². The summed E-state index contributed by atoms with van der Waals surface area (Å²) in [5.74, 6) is 0. The van der Waals surface area contributed by atoms with Crippen molar-refractivity contribution in [2.45, 2.75) is 0 Å². The van der Waals surface area contributed by atoms with Crippen molar-refractivity contribution in [1.29, 1.82) is 0 Å². The molecule has 0 fully saturated rings. The van der Waals surface area contributed by atoms with E-state index < -0.39 is 4.92 Å². The first-order valence-electron chi connectivity index (χ1n) is 4.15. The highest BCUT2D eigenvalue weighted by Gasteiger charge is 2.21. The van der Waals surface area contributed by atoms with E-state index in [-0.39, 0.29) is 5.69 Å². The fourth-order valence-corrected chi connectivity index (χ4v) is 1.92. The standard InChI is InChI=1S/C8H8N4O2S/c1-10-4-5-11(15-10)7-2-3-9-6-8(7)12(13)14/h2-6H,1H3. The maximum atomic E-state index is 10.8. The molecule has 0 bridgehead atoms. The lowest BCUT2D eigenvalue weighted by molar-refractivity contribution is -0.384. The summed E-state index contributed by atoms with van der Waals surface area (Å²) in [5, 5.41) is 10.8. The molecule has 0 aliphatic carbocycles. The van der Waals surface area contributed by atoms with Crippen LogP contribution in [-0.2, 0) is 0 Å². The first-order valence-corrected chi connectivity index (χ1v) is 4.88. The predicted octanol–water partition coefficient (Wildman–Crippen LogP) is 1.78. The highest BCUT2D eigenvalue weighted by atomic mass is 32.2. The van der Waals surface area contributed by atoms with Crippen LogP contribution in [0.2, 0.25) is 0 Å². The Bertz CT molecular complexity index is 423. The minimum absolute atomic E-state index is 0.00458. The number of nitro groups is 1. The Morgan fingerprint density at radius 3 is 2.93 bits per heavy atom. The number of hydrogen-bond donors (Lipinski definition) is 0. The minimum Gasteiger partial charge on any atom is -0.307 e. The molecule has 0 unspecified atom stereocenters. The zero-order valence-corrected chi connectivity index (χ0v) is 8.72. The fraction of sp³-hybridized carbons (Fsp3) is 0.125. The lowest BCUT2D eigenvalue weighted by Gasteiger charge is -2.15. The first kappa shape index (κ1) is 9.78. The average molecular weight is 224 g/mol. The third-order valence-corrected chi connectivity index (χ3v) is 2.71. The number of aromatic nitrogens is 1. The van der Waals surface area contributed by atoms with Crippen LogP contribution in [0.5, 0.6) is 0 Å². The number of pyridine rings is 1. The summed E-state index contributed by atoms with van der Waals surface area (Å²) in [5.41, 5.74) is 0.533. The van der Waals surface area contributed by atoms with Gasteiger partial charge in [0.15, 0.2) is 0 Å². The molecule has 15 heavy (non-hydrogen) atoms. The second kappa shape index (κ2) is 3.77. The van der Waals surface area contributed by atoms with Crippen LogP contribution >= 0.6 is 12.1 Å². The van der Waals surface area contributed by atoms with E-state index in [4.69, 9.17) is 0 Å². The third kappa shape index (κ3) is 1.86. The summed E-state index contributed by atoms with van der Waals surface area (Å²) in [6.45, 7) is 0. The van der Waals surface area contributed by atoms with Crippen molar-refractivity contribution in [2.75, 3.05) is 11.4 Å². The molecule has 78 valence electrons. The molecule has 0 aromatic carbocycles. The molecule has 0 spiro atoms. The van der Waals surface area contributed by atoms with Gasteiger partial charge in [0.1, 0.15) is 11.9 Å². The Labute approximate surface area is 90.6 Å². The zero-order chi connectivity index (χ0) is 10.8. The molecule has 6 nitrogen and oxygen atoms in total. The van der Waals surface area contributed by atoms with E-state index in [2.05, 4.69) is 4.98 Å². The van der Waals surface area contributed by atoms with E-state index in [0.717, 1.165) is 0 Å². The van der Waals surface area contributed by atoms with E-state index in [9.17, 15) is 10.1 Å². The van der Waals surface area contributed by atoms with Gasteiger partial charge in [0.2, 0.25) is 0 Å². The van der Waals surface area contributed by atoms with Gasteiger partial charge in [-0.1, -0.05) is 0 Å². The zero-order valence-electron chi connectivity index (χ0n) is 7.90. The van der Waals surface area contributed by atoms with Crippen molar-refractivity contribution in [2.24, 2.45) is 0 Å². The van der Waals surface area contributed by atoms with E-state index in [1.54, 1.807) is 16.6 Å². The van der Waals surface area contributed by atoms with Gasteiger partial charge in [-0.2, -0.15) is 0 Å². The topological polar surface area (TPSA) is 62.5 Å². The van der Waals surface area contributed by atoms with Gasteiger partial charge in [0.25, 0.3) is 0 Å². The Hall–Kier alpha value is -1.76. The summed E-state index contributed by atoms with van der Waals surface area (Å²) >= 11 is 1.37. The van der Waals surface area contributed by atoms with Gasteiger partial charge in [0, 0.05) is 25.6 Å². The maximum Gasteiger partial charge on any atom is 0.311 e. The molecule has 0 N–H and O–H groups in total. The minimum atomic E-state index is -0.435. The van der Waals surface area contributed by atoms with Crippen molar-refractivity contribution in [3.05, 3.63) is 41.0 Å². The number of hydrogen-bond acceptors (Lipinski definition) is 6. The number of anilines is 1. The predicted molar refractivity (Wildman–Crippen MR) is 57.9 cm³/mol. The molecule has 2 heterocycles. The number of nitrogens with zero attached hydrogens (tertiary/aromatic N) is 4. The molecule has 0 saturated carbocycles. The van der Waals surface area contributed by atoms with Gasteiger partial charge in [0.05, 0.1) is 17.1 Å². The van der Waals surface area contributed by atoms with Crippen LogP contribution in [0.4, 0.5) is 11.4 Å². The quantitative estimate of drug-likeness (QED) is 0.433. The van der Waals surface area contributed by atoms with E-state index in [1.807, 2.05) is 17.6 Å². The average Bonchev–Trinajstić information content (AvgIpc) is 2.65. The molecule has 7 heteroatoms. The summed E-state index contributed by atoms with van der Waals surface area (Å²) in [4.78, 5) is 14.1. The Kier molecular flexibility index (Phi) is 2.46. The molecular weight excluding hydrogens is 216 g/mol. The fourth-order valence-electron chi connectivity index (χ4n) is 1.18. The summed E-state index contributed by atoms with van der Waals surface area (Å²) in [7, 11) is 1.87. The van der Waals surface area contributed by atoms with Crippen LogP contribution in [0.25, 0.3) is 0 Å². The normalized spacial score (nSPS) is 14.7. The van der Waals surface area contributed by atoms with Crippen molar-refractivity contribution >= 4 is 23.5 Å². The molecule has 0 amide bonds. The van der Waals surface area contributed by atoms with Gasteiger partial charge >= 0.3 is 5.69 Å². The molecular formula is C8H8N4O2S. The summed E-state index contributed by atoms with van der Waals surface area (Å²) in [6, 6.07) is 1.62. The Morgan fingerprint density at radius 2 is 2.33 bits per heavy atom. The van der Waals surface area contributed by atoms with Crippen molar-refractivity contribution in [3.8, 4) is 0 Å². The molecule has 0 radical (unpaired) electrons. The van der Waals surface area contributed by atoms with Gasteiger partial charge in [-0.3, -0.25) is 19.4 Å². The number of rotatable bonds is 2. The van der Waals surface area contributed by atoms with Crippen LogP contribution < -0.4 is 4.31 Å². The smallest absolute Gasteiger partial charge is 0.307 e. The molecule has 0 saturated heterocycles. The van der Waals surface area contributed by atoms with Crippen molar-refractivity contribution in [1.82, 2.24) is 9.29 Å². The molecule has 2 rings (SSSR count).